The first kappa shape index (κ1) is 11.0. The van der Waals surface area contributed by atoms with Crippen molar-refractivity contribution < 1.29 is 14.2 Å². The van der Waals surface area contributed by atoms with Crippen molar-refractivity contribution in [2.75, 3.05) is 0 Å². The highest BCUT2D eigenvalue weighted by Gasteiger charge is 2.11. The average molecular weight is 232 g/mol. The fourth-order valence-corrected chi connectivity index (χ4v) is 1.33. The number of non-ortho nitro benzene ring substituents is 1. The van der Waals surface area contributed by atoms with Crippen LogP contribution < -0.4 is 0 Å². The lowest BCUT2D eigenvalue weighted by atomic mass is 10.1. The summed E-state index contributed by atoms with van der Waals surface area (Å²) < 4.78 is 4.82. The Bertz CT molecular complexity index is 571. The van der Waals surface area contributed by atoms with Gasteiger partial charge in [0.25, 0.3) is 5.69 Å². The van der Waals surface area contributed by atoms with E-state index in [9.17, 15) is 14.9 Å². The first-order valence-electron chi connectivity index (χ1n) is 4.80. The Morgan fingerprint density at radius 1 is 1.35 bits per heavy atom. The summed E-state index contributed by atoms with van der Waals surface area (Å²) in [5.74, 6) is -0.0518. The maximum atomic E-state index is 11.0. The molecule has 6 heteroatoms. The van der Waals surface area contributed by atoms with Gasteiger partial charge in [-0.2, -0.15) is 0 Å². The predicted octanol–water partition coefficient (Wildman–Crippen LogP) is 2.45. The number of benzene rings is 1. The number of rotatable bonds is 3. The van der Waals surface area contributed by atoms with Crippen LogP contribution in [-0.4, -0.2) is 15.9 Å². The summed E-state index contributed by atoms with van der Waals surface area (Å²) in [6.45, 7) is 1.38. The minimum atomic E-state index is -0.479. The van der Waals surface area contributed by atoms with Crippen LogP contribution in [0.4, 0.5) is 5.69 Å². The van der Waals surface area contributed by atoms with Gasteiger partial charge in [-0.05, 0) is 12.1 Å². The van der Waals surface area contributed by atoms with Crippen molar-refractivity contribution >= 4 is 11.5 Å². The molecule has 17 heavy (non-hydrogen) atoms. The summed E-state index contributed by atoms with van der Waals surface area (Å²) >= 11 is 0. The van der Waals surface area contributed by atoms with Crippen molar-refractivity contribution in [3.63, 3.8) is 0 Å². The number of carbonyl (C=O) groups is 1. The second kappa shape index (κ2) is 4.17. The number of ketones is 1. The van der Waals surface area contributed by atoms with E-state index in [1.54, 1.807) is 12.1 Å². The highest BCUT2D eigenvalue weighted by atomic mass is 16.6. The highest BCUT2D eigenvalue weighted by molar-refractivity contribution is 5.92. The van der Waals surface area contributed by atoms with E-state index in [1.807, 2.05) is 0 Å². The Kier molecular flexibility index (Phi) is 2.70. The zero-order valence-corrected chi connectivity index (χ0v) is 8.91. The van der Waals surface area contributed by atoms with Crippen LogP contribution in [0.2, 0.25) is 0 Å². The molecular weight excluding hydrogens is 224 g/mol. The molecule has 0 N–H and O–H groups in total. The third-order valence-corrected chi connectivity index (χ3v) is 2.23. The van der Waals surface area contributed by atoms with Crippen LogP contribution in [0.15, 0.2) is 34.9 Å². The standard InChI is InChI=1S/C11H8N2O4/c1-7(14)11-6-10(12-17-11)8-2-4-9(5-3-8)13(15)16/h2-6H,1H3. The molecule has 0 spiro atoms. The number of aromatic nitrogens is 1. The molecule has 0 radical (unpaired) electrons. The summed E-state index contributed by atoms with van der Waals surface area (Å²) in [4.78, 5) is 21.0. The number of nitro benzene ring substituents is 1. The molecule has 0 fully saturated rings. The average Bonchev–Trinajstić information content (AvgIpc) is 2.78. The van der Waals surface area contributed by atoms with E-state index in [2.05, 4.69) is 5.16 Å². The third-order valence-electron chi connectivity index (χ3n) is 2.23. The molecule has 86 valence electrons. The quantitative estimate of drug-likeness (QED) is 0.460. The Hall–Kier alpha value is -2.50. The minimum absolute atomic E-state index is 0.00374. The van der Waals surface area contributed by atoms with Gasteiger partial charge in [0.2, 0.25) is 5.76 Å². The molecule has 0 saturated heterocycles. The van der Waals surface area contributed by atoms with Crippen LogP contribution in [0.5, 0.6) is 0 Å². The summed E-state index contributed by atoms with van der Waals surface area (Å²) in [6, 6.07) is 7.36. The summed E-state index contributed by atoms with van der Waals surface area (Å²) in [5, 5.41) is 14.2. The van der Waals surface area contributed by atoms with Gasteiger partial charge in [0.1, 0.15) is 5.69 Å². The van der Waals surface area contributed by atoms with Crippen molar-refractivity contribution in [2.24, 2.45) is 0 Å². The molecule has 0 bridgehead atoms. The van der Waals surface area contributed by atoms with Crippen LogP contribution in [-0.2, 0) is 0 Å². The maximum Gasteiger partial charge on any atom is 0.269 e. The van der Waals surface area contributed by atoms with Gasteiger partial charge in [0.15, 0.2) is 5.78 Å². The number of carbonyl (C=O) groups excluding carboxylic acids is 1. The monoisotopic (exact) mass is 232 g/mol. The van der Waals surface area contributed by atoms with E-state index in [0.29, 0.717) is 11.3 Å². The van der Waals surface area contributed by atoms with E-state index in [-0.39, 0.29) is 17.2 Å². The Morgan fingerprint density at radius 3 is 2.47 bits per heavy atom. The molecule has 0 atom stereocenters. The van der Waals surface area contributed by atoms with Gasteiger partial charge in [-0.3, -0.25) is 14.9 Å². The lowest BCUT2D eigenvalue weighted by Gasteiger charge is -1.94. The SMILES string of the molecule is CC(=O)c1cc(-c2ccc([N+](=O)[O-])cc2)no1. The zero-order valence-electron chi connectivity index (χ0n) is 8.91. The van der Waals surface area contributed by atoms with Crippen molar-refractivity contribution in [1.82, 2.24) is 5.16 Å². The lowest BCUT2D eigenvalue weighted by molar-refractivity contribution is -0.384. The van der Waals surface area contributed by atoms with Crippen LogP contribution in [0.1, 0.15) is 17.5 Å². The molecule has 1 aromatic heterocycles. The lowest BCUT2D eigenvalue weighted by Crippen LogP contribution is -1.87. The topological polar surface area (TPSA) is 86.2 Å². The second-order valence-corrected chi connectivity index (χ2v) is 3.44. The molecule has 0 aliphatic carbocycles. The molecule has 2 aromatic rings. The number of nitrogens with zero attached hydrogens (tertiary/aromatic N) is 2. The third kappa shape index (κ3) is 2.20. The molecule has 0 aliphatic rings. The van der Waals surface area contributed by atoms with Gasteiger partial charge in [-0.1, -0.05) is 5.16 Å². The largest absolute Gasteiger partial charge is 0.353 e. The molecule has 0 saturated carbocycles. The van der Waals surface area contributed by atoms with Crippen LogP contribution in [0.3, 0.4) is 0 Å². The van der Waals surface area contributed by atoms with E-state index in [1.165, 1.54) is 25.1 Å². The van der Waals surface area contributed by atoms with E-state index < -0.39 is 4.92 Å². The van der Waals surface area contributed by atoms with E-state index in [0.717, 1.165) is 0 Å². The molecular formula is C11H8N2O4. The van der Waals surface area contributed by atoms with Gasteiger partial charge >= 0.3 is 0 Å². The highest BCUT2D eigenvalue weighted by Crippen LogP contribution is 2.22. The maximum absolute atomic E-state index is 11.0. The predicted molar refractivity (Wildman–Crippen MR) is 58.6 cm³/mol. The summed E-state index contributed by atoms with van der Waals surface area (Å²) in [7, 11) is 0. The van der Waals surface area contributed by atoms with Crippen LogP contribution >= 0.6 is 0 Å². The normalized spacial score (nSPS) is 10.2. The first-order valence-corrected chi connectivity index (χ1v) is 4.80. The summed E-state index contributed by atoms with van der Waals surface area (Å²) in [6.07, 6.45) is 0. The molecule has 0 unspecified atom stereocenters. The number of Topliss-reactive ketones (excluding diaryl/α,β-unsaturated/α-hetero) is 1. The molecule has 0 aliphatic heterocycles. The molecule has 2 rings (SSSR count). The fraction of sp³-hybridized carbons (Fsp3) is 0.0909. The minimum Gasteiger partial charge on any atom is -0.353 e. The second-order valence-electron chi connectivity index (χ2n) is 3.44. The van der Waals surface area contributed by atoms with Crippen molar-refractivity contribution in [2.45, 2.75) is 6.92 Å². The van der Waals surface area contributed by atoms with Gasteiger partial charge in [-0.15, -0.1) is 0 Å². The van der Waals surface area contributed by atoms with Gasteiger partial charge in [0, 0.05) is 30.7 Å². The van der Waals surface area contributed by atoms with E-state index >= 15 is 0 Å². The Morgan fingerprint density at radius 2 is 2.00 bits per heavy atom. The van der Waals surface area contributed by atoms with Gasteiger partial charge in [0.05, 0.1) is 4.92 Å². The molecule has 1 aromatic carbocycles. The van der Waals surface area contributed by atoms with Gasteiger partial charge < -0.3 is 4.52 Å². The molecule has 0 amide bonds. The number of hydrogen-bond acceptors (Lipinski definition) is 5. The number of nitro groups is 1. The fourth-order valence-electron chi connectivity index (χ4n) is 1.33. The smallest absolute Gasteiger partial charge is 0.269 e. The van der Waals surface area contributed by atoms with Crippen molar-refractivity contribution in [1.29, 1.82) is 0 Å². The van der Waals surface area contributed by atoms with Crippen LogP contribution in [0.25, 0.3) is 11.3 Å². The summed E-state index contributed by atoms with van der Waals surface area (Å²) in [5.41, 5.74) is 1.14. The van der Waals surface area contributed by atoms with Gasteiger partial charge in [-0.25, -0.2) is 0 Å². The van der Waals surface area contributed by atoms with Crippen molar-refractivity contribution in [3.05, 3.63) is 46.2 Å². The van der Waals surface area contributed by atoms with Crippen LogP contribution in [0, 0.1) is 10.1 Å². The van der Waals surface area contributed by atoms with E-state index in [4.69, 9.17) is 4.52 Å². The Balaban J connectivity index is 2.33. The Labute approximate surface area is 96.0 Å². The zero-order chi connectivity index (χ0) is 12.4. The first-order chi connectivity index (χ1) is 8.08. The molecule has 1 heterocycles. The number of hydrogen-bond donors (Lipinski definition) is 0. The van der Waals surface area contributed by atoms with Crippen molar-refractivity contribution in [3.8, 4) is 11.3 Å². The molecule has 6 nitrogen and oxygen atoms in total.